The number of carbonyl (C=O) groups is 2. The van der Waals surface area contributed by atoms with Crippen LogP contribution in [0.2, 0.25) is 5.02 Å². The van der Waals surface area contributed by atoms with E-state index in [1.54, 1.807) is 12.1 Å². The molecule has 0 bridgehead atoms. The van der Waals surface area contributed by atoms with Crippen LogP contribution in [0.5, 0.6) is 0 Å². The van der Waals surface area contributed by atoms with Crippen LogP contribution in [0.4, 0.5) is 0 Å². The number of halogens is 1. The first-order chi connectivity index (χ1) is 16.3. The van der Waals surface area contributed by atoms with Crippen molar-refractivity contribution in [2.24, 2.45) is 21.5 Å². The van der Waals surface area contributed by atoms with Gasteiger partial charge in [-0.15, -0.1) is 0 Å². The summed E-state index contributed by atoms with van der Waals surface area (Å²) in [5.74, 6) is 0.0152. The van der Waals surface area contributed by atoms with Crippen molar-refractivity contribution in [2.75, 3.05) is 13.1 Å². The number of aliphatic imine (C=N–C) groups is 2. The third-order valence-electron chi connectivity index (χ3n) is 4.47. The van der Waals surface area contributed by atoms with E-state index in [2.05, 4.69) is 20.6 Å². The van der Waals surface area contributed by atoms with Crippen molar-refractivity contribution in [2.45, 2.75) is 46.5 Å². The van der Waals surface area contributed by atoms with Crippen LogP contribution < -0.4 is 22.1 Å². The molecule has 0 radical (unpaired) electrons. The fourth-order valence-corrected chi connectivity index (χ4v) is 2.92. The maximum Gasteiger partial charge on any atom is 0.231 e. The third kappa shape index (κ3) is 12.0. The molecule has 184 valence electrons. The molecule has 8 nitrogen and oxygen atoms in total. The molecular weight excluding hydrogens is 452 g/mol. The third-order valence-corrected chi connectivity index (χ3v) is 4.84. The number of nitrogens with zero attached hydrogens (tertiary/aromatic N) is 2. The van der Waals surface area contributed by atoms with Gasteiger partial charge in [0.2, 0.25) is 11.8 Å². The van der Waals surface area contributed by atoms with Crippen LogP contribution in [0, 0.1) is 6.92 Å². The summed E-state index contributed by atoms with van der Waals surface area (Å²) in [5, 5.41) is 5.68. The minimum atomic E-state index is -0.213. The normalized spacial score (nSPS) is 11.3. The number of nitrogens with one attached hydrogen (secondary N) is 2. The zero-order chi connectivity index (χ0) is 25.3. The molecule has 0 saturated heterocycles. The van der Waals surface area contributed by atoms with Crippen molar-refractivity contribution in [3.63, 3.8) is 0 Å². The van der Waals surface area contributed by atoms with E-state index in [-0.39, 0.29) is 30.2 Å². The fraction of sp³-hybridized carbons (Fsp3) is 0.360. The summed E-state index contributed by atoms with van der Waals surface area (Å²) in [6.07, 6.45) is 2.33. The minimum Gasteiger partial charge on any atom is -0.370 e. The van der Waals surface area contributed by atoms with Gasteiger partial charge in [-0.3, -0.25) is 30.2 Å². The van der Waals surface area contributed by atoms with E-state index in [0.29, 0.717) is 24.5 Å². The van der Waals surface area contributed by atoms with Gasteiger partial charge in [-0.2, -0.15) is 0 Å². The van der Waals surface area contributed by atoms with Crippen LogP contribution in [-0.2, 0) is 22.4 Å². The second-order valence-electron chi connectivity index (χ2n) is 7.50. The Bertz CT molecular complexity index is 911. The predicted molar refractivity (Wildman–Crippen MR) is 140 cm³/mol. The van der Waals surface area contributed by atoms with Gasteiger partial charge in [0.15, 0.2) is 11.9 Å². The number of carbonyl (C=O) groups excluding carboxylic acids is 2. The van der Waals surface area contributed by atoms with Gasteiger partial charge in [0, 0.05) is 18.1 Å². The number of guanidine groups is 2. The topological polar surface area (TPSA) is 135 Å². The first kappa shape index (κ1) is 28.6. The molecular formula is C25H35ClN6O2. The van der Waals surface area contributed by atoms with Gasteiger partial charge in [0.25, 0.3) is 0 Å². The SMILES string of the molecule is CCCN=C(N)NC(=O)Cc1ccccc1C.CCCN=C(N)NC(=O)Cc1ccccc1Cl. The standard InChI is InChI=1S/C13H19N3O.C12H16ClN3O/c1-3-8-15-13(14)16-12(17)9-11-7-5-4-6-10(11)2;1-2-7-15-12(14)16-11(17)8-9-5-3-4-6-10(9)13/h4-7H,3,8-9H2,1-2H3,(H3,14,15,16,17);3-6H,2,7-8H2,1H3,(H3,14,15,16,17). The highest BCUT2D eigenvalue weighted by molar-refractivity contribution is 6.31. The smallest absolute Gasteiger partial charge is 0.231 e. The summed E-state index contributed by atoms with van der Waals surface area (Å²) in [4.78, 5) is 31.3. The van der Waals surface area contributed by atoms with E-state index in [9.17, 15) is 9.59 Å². The van der Waals surface area contributed by atoms with E-state index < -0.39 is 0 Å². The molecule has 9 heteroatoms. The lowest BCUT2D eigenvalue weighted by molar-refractivity contribution is -0.119. The highest BCUT2D eigenvalue weighted by Gasteiger charge is 2.07. The van der Waals surface area contributed by atoms with Gasteiger partial charge in [0.1, 0.15) is 0 Å². The second-order valence-corrected chi connectivity index (χ2v) is 7.91. The molecule has 0 aliphatic rings. The van der Waals surface area contributed by atoms with Crippen molar-refractivity contribution < 1.29 is 9.59 Å². The Morgan fingerprint density at radius 2 is 1.24 bits per heavy atom. The van der Waals surface area contributed by atoms with Gasteiger partial charge in [0.05, 0.1) is 12.8 Å². The molecule has 0 heterocycles. The molecule has 0 spiro atoms. The summed E-state index contributed by atoms with van der Waals surface area (Å²) in [6, 6.07) is 15.0. The van der Waals surface area contributed by atoms with Crippen LogP contribution >= 0.6 is 11.6 Å². The molecule has 2 aromatic carbocycles. The number of rotatable bonds is 8. The van der Waals surface area contributed by atoms with Crippen LogP contribution in [0.3, 0.4) is 0 Å². The Morgan fingerprint density at radius 3 is 1.71 bits per heavy atom. The first-order valence-corrected chi connectivity index (χ1v) is 11.6. The van der Waals surface area contributed by atoms with Crippen LogP contribution in [-0.4, -0.2) is 36.8 Å². The molecule has 0 aliphatic carbocycles. The summed E-state index contributed by atoms with van der Waals surface area (Å²) in [7, 11) is 0. The molecule has 0 aromatic heterocycles. The lowest BCUT2D eigenvalue weighted by Crippen LogP contribution is -2.37. The lowest BCUT2D eigenvalue weighted by atomic mass is 10.1. The monoisotopic (exact) mass is 486 g/mol. The molecule has 0 aliphatic heterocycles. The summed E-state index contributed by atoms with van der Waals surface area (Å²) in [5.41, 5.74) is 14.0. The van der Waals surface area contributed by atoms with Gasteiger partial charge < -0.3 is 11.5 Å². The Morgan fingerprint density at radius 1 is 0.794 bits per heavy atom. The molecule has 0 unspecified atom stereocenters. The van der Waals surface area contributed by atoms with E-state index in [1.807, 2.05) is 57.2 Å². The zero-order valence-corrected chi connectivity index (χ0v) is 20.9. The van der Waals surface area contributed by atoms with E-state index >= 15 is 0 Å². The lowest BCUT2D eigenvalue weighted by Gasteiger charge is -2.06. The minimum absolute atomic E-state index is 0.128. The van der Waals surface area contributed by atoms with E-state index in [0.717, 1.165) is 29.5 Å². The molecule has 0 atom stereocenters. The van der Waals surface area contributed by atoms with Crippen molar-refractivity contribution in [3.05, 3.63) is 70.2 Å². The van der Waals surface area contributed by atoms with Gasteiger partial charge in [-0.05, 0) is 42.5 Å². The van der Waals surface area contributed by atoms with Crippen LogP contribution in [0.1, 0.15) is 43.4 Å². The number of aryl methyl sites for hydroxylation is 1. The molecule has 2 aromatic rings. The molecule has 34 heavy (non-hydrogen) atoms. The maximum atomic E-state index is 11.7. The van der Waals surface area contributed by atoms with Gasteiger partial charge in [-0.25, -0.2) is 0 Å². The Labute approximate surface area is 206 Å². The number of benzene rings is 2. The molecule has 6 N–H and O–H groups in total. The second kappa shape index (κ2) is 16.3. The summed E-state index contributed by atoms with van der Waals surface area (Å²) < 4.78 is 0. The fourth-order valence-electron chi connectivity index (χ4n) is 2.71. The highest BCUT2D eigenvalue weighted by atomic mass is 35.5. The average molecular weight is 487 g/mol. The Balaban J connectivity index is 0.000000340. The van der Waals surface area contributed by atoms with E-state index in [1.165, 1.54) is 0 Å². The predicted octanol–water partition coefficient (Wildman–Crippen LogP) is 3.10. The van der Waals surface area contributed by atoms with Gasteiger partial charge >= 0.3 is 0 Å². The number of hydrogen-bond acceptors (Lipinski definition) is 4. The molecule has 2 rings (SSSR count). The van der Waals surface area contributed by atoms with Crippen LogP contribution in [0.25, 0.3) is 0 Å². The van der Waals surface area contributed by atoms with Crippen molar-refractivity contribution in [3.8, 4) is 0 Å². The molecule has 0 fully saturated rings. The Kier molecular flexibility index (Phi) is 13.7. The molecule has 2 amide bonds. The molecule has 0 saturated carbocycles. The average Bonchev–Trinajstić information content (AvgIpc) is 2.79. The maximum absolute atomic E-state index is 11.7. The summed E-state index contributed by atoms with van der Waals surface area (Å²) >= 11 is 5.95. The van der Waals surface area contributed by atoms with Crippen molar-refractivity contribution in [1.82, 2.24) is 10.6 Å². The number of hydrogen-bond donors (Lipinski definition) is 4. The zero-order valence-electron chi connectivity index (χ0n) is 20.1. The van der Waals surface area contributed by atoms with Crippen molar-refractivity contribution >= 4 is 35.3 Å². The first-order valence-electron chi connectivity index (χ1n) is 11.2. The highest BCUT2D eigenvalue weighted by Crippen LogP contribution is 2.15. The van der Waals surface area contributed by atoms with Crippen molar-refractivity contribution in [1.29, 1.82) is 0 Å². The van der Waals surface area contributed by atoms with Crippen LogP contribution in [0.15, 0.2) is 58.5 Å². The van der Waals surface area contributed by atoms with E-state index in [4.69, 9.17) is 23.1 Å². The summed E-state index contributed by atoms with van der Waals surface area (Å²) in [6.45, 7) is 7.22. The number of amides is 2. The van der Waals surface area contributed by atoms with Gasteiger partial charge in [-0.1, -0.05) is 67.9 Å². The largest absolute Gasteiger partial charge is 0.370 e. The number of nitrogens with two attached hydrogens (primary N) is 2. The Hall–Kier alpha value is -3.39. The quantitative estimate of drug-likeness (QED) is 0.336.